The molecule has 0 aromatic rings. The largest absolute Gasteiger partial charge is 0.481 e. The second kappa shape index (κ2) is 3.43. The summed E-state index contributed by atoms with van der Waals surface area (Å²) >= 11 is 0. The fourth-order valence-electron chi connectivity index (χ4n) is 0.872. The molecule has 0 bridgehead atoms. The summed E-state index contributed by atoms with van der Waals surface area (Å²) in [5.41, 5.74) is -0.996. The van der Waals surface area contributed by atoms with E-state index in [0.29, 0.717) is 5.90 Å². The van der Waals surface area contributed by atoms with Gasteiger partial charge in [0.25, 0.3) is 0 Å². The third-order valence-corrected chi connectivity index (χ3v) is 1.86. The molecule has 1 aliphatic rings. The lowest BCUT2D eigenvalue weighted by Crippen LogP contribution is -2.22. The number of ether oxygens (including phenoxy) is 1. The van der Waals surface area contributed by atoms with Crippen LogP contribution >= 0.6 is 0 Å². The van der Waals surface area contributed by atoms with Gasteiger partial charge >= 0.3 is 5.97 Å². The van der Waals surface area contributed by atoms with Gasteiger partial charge in [-0.1, -0.05) is 6.08 Å². The first-order chi connectivity index (χ1) is 6.08. The van der Waals surface area contributed by atoms with Crippen LogP contribution in [0.5, 0.6) is 0 Å². The molecule has 0 aliphatic carbocycles. The third kappa shape index (κ3) is 1.96. The maximum Gasteiger partial charge on any atom is 0.317 e. The Morgan fingerprint density at radius 1 is 1.62 bits per heavy atom. The Bertz CT molecular complexity index is 304. The van der Waals surface area contributed by atoms with Crippen molar-refractivity contribution in [2.24, 2.45) is 10.4 Å². The Hall–Kier alpha value is -1.58. The van der Waals surface area contributed by atoms with Crippen LogP contribution < -0.4 is 0 Å². The van der Waals surface area contributed by atoms with Crippen LogP contribution in [0.15, 0.2) is 29.4 Å². The highest BCUT2D eigenvalue weighted by molar-refractivity contribution is 5.90. The summed E-state index contributed by atoms with van der Waals surface area (Å²) in [5, 5.41) is 8.89. The summed E-state index contributed by atoms with van der Waals surface area (Å²) in [6.07, 6.45) is 6.04. The molecule has 4 heteroatoms. The summed E-state index contributed by atoms with van der Waals surface area (Å²) in [4.78, 5) is 14.7. The van der Waals surface area contributed by atoms with Crippen molar-refractivity contribution in [2.45, 2.75) is 6.92 Å². The lowest BCUT2D eigenvalue weighted by molar-refractivity contribution is -0.142. The first-order valence-electron chi connectivity index (χ1n) is 3.80. The minimum Gasteiger partial charge on any atom is -0.481 e. The van der Waals surface area contributed by atoms with Gasteiger partial charge in [0, 0.05) is 6.20 Å². The molecule has 0 saturated heterocycles. The molecule has 1 heterocycles. The third-order valence-electron chi connectivity index (χ3n) is 1.86. The van der Waals surface area contributed by atoms with Gasteiger partial charge in [0.15, 0.2) is 0 Å². The van der Waals surface area contributed by atoms with Crippen LogP contribution in [0.1, 0.15) is 6.92 Å². The van der Waals surface area contributed by atoms with Crippen LogP contribution in [0.3, 0.4) is 0 Å². The standard InChI is InChI=1S/C9H11NO3/c1-9(8(11)12)4-3-7(13-2)10-6-5-9/h3-6H,1-2H3,(H,11,12). The summed E-state index contributed by atoms with van der Waals surface area (Å²) in [6, 6.07) is 0. The number of methoxy groups -OCH3 is 1. The number of hydrogen-bond donors (Lipinski definition) is 1. The van der Waals surface area contributed by atoms with E-state index in [1.54, 1.807) is 19.1 Å². The molecule has 4 nitrogen and oxygen atoms in total. The molecule has 1 rings (SSSR count). The van der Waals surface area contributed by atoms with E-state index in [-0.39, 0.29) is 0 Å². The minimum absolute atomic E-state index is 0.404. The molecule has 1 aliphatic heterocycles. The van der Waals surface area contributed by atoms with Gasteiger partial charge in [0.05, 0.1) is 7.11 Å². The van der Waals surface area contributed by atoms with Crippen LogP contribution in [-0.4, -0.2) is 24.1 Å². The fourth-order valence-corrected chi connectivity index (χ4v) is 0.872. The molecule has 0 saturated carbocycles. The highest BCUT2D eigenvalue weighted by Crippen LogP contribution is 2.22. The van der Waals surface area contributed by atoms with Gasteiger partial charge < -0.3 is 9.84 Å². The molecule has 13 heavy (non-hydrogen) atoms. The molecule has 1 unspecified atom stereocenters. The summed E-state index contributed by atoms with van der Waals surface area (Å²) in [7, 11) is 1.49. The number of carboxylic acids is 1. The van der Waals surface area contributed by atoms with Gasteiger partial charge in [0.1, 0.15) is 5.41 Å². The number of nitrogens with zero attached hydrogens (tertiary/aromatic N) is 1. The predicted molar refractivity (Wildman–Crippen MR) is 48.5 cm³/mol. The Labute approximate surface area is 76.2 Å². The maximum atomic E-state index is 10.8. The summed E-state index contributed by atoms with van der Waals surface area (Å²) < 4.78 is 4.86. The van der Waals surface area contributed by atoms with Crippen molar-refractivity contribution in [1.29, 1.82) is 0 Å². The van der Waals surface area contributed by atoms with Crippen molar-refractivity contribution in [3.8, 4) is 0 Å². The lowest BCUT2D eigenvalue weighted by Gasteiger charge is -2.13. The molecule has 0 amide bonds. The van der Waals surface area contributed by atoms with Gasteiger partial charge in [-0.15, -0.1) is 0 Å². The average molecular weight is 181 g/mol. The molecule has 0 fully saturated rings. The zero-order chi connectivity index (χ0) is 9.90. The van der Waals surface area contributed by atoms with Gasteiger partial charge in [-0.2, -0.15) is 0 Å². The van der Waals surface area contributed by atoms with Crippen molar-refractivity contribution in [3.05, 3.63) is 24.4 Å². The van der Waals surface area contributed by atoms with E-state index in [2.05, 4.69) is 4.99 Å². The van der Waals surface area contributed by atoms with Gasteiger partial charge in [-0.3, -0.25) is 4.79 Å². The average Bonchev–Trinajstić information content (AvgIpc) is 2.28. The second-order valence-corrected chi connectivity index (χ2v) is 2.91. The first-order valence-corrected chi connectivity index (χ1v) is 3.80. The van der Waals surface area contributed by atoms with Crippen molar-refractivity contribution in [2.75, 3.05) is 7.11 Å². The van der Waals surface area contributed by atoms with Gasteiger partial charge in [-0.25, -0.2) is 4.99 Å². The molecular formula is C9H11NO3. The summed E-state index contributed by atoms with van der Waals surface area (Å²) in [5.74, 6) is -0.506. The van der Waals surface area contributed by atoms with Crippen LogP contribution in [0.2, 0.25) is 0 Å². The Balaban J connectivity index is 2.95. The molecule has 0 aromatic heterocycles. The second-order valence-electron chi connectivity index (χ2n) is 2.91. The maximum absolute atomic E-state index is 10.8. The van der Waals surface area contributed by atoms with Crippen molar-refractivity contribution >= 4 is 11.9 Å². The van der Waals surface area contributed by atoms with Crippen molar-refractivity contribution < 1.29 is 14.6 Å². The molecule has 0 spiro atoms. The predicted octanol–water partition coefficient (Wildman–Crippen LogP) is 1.21. The van der Waals surface area contributed by atoms with E-state index in [0.717, 1.165) is 0 Å². The fraction of sp³-hybridized carbons (Fsp3) is 0.333. The normalized spacial score (nSPS) is 26.5. The highest BCUT2D eigenvalue weighted by Gasteiger charge is 2.27. The highest BCUT2D eigenvalue weighted by atomic mass is 16.5. The van der Waals surface area contributed by atoms with E-state index in [1.807, 2.05) is 0 Å². The van der Waals surface area contributed by atoms with Crippen LogP contribution in [0, 0.1) is 5.41 Å². The number of rotatable bonds is 1. The monoisotopic (exact) mass is 181 g/mol. The Morgan fingerprint density at radius 2 is 2.31 bits per heavy atom. The molecule has 1 atom stereocenters. The number of carbonyl (C=O) groups is 1. The van der Waals surface area contributed by atoms with E-state index in [1.165, 1.54) is 19.4 Å². The number of aliphatic imine (C=N–C) groups is 1. The number of hydrogen-bond acceptors (Lipinski definition) is 3. The van der Waals surface area contributed by atoms with E-state index in [4.69, 9.17) is 9.84 Å². The van der Waals surface area contributed by atoms with Gasteiger partial charge in [0.2, 0.25) is 5.90 Å². The Kier molecular flexibility index (Phi) is 2.51. The van der Waals surface area contributed by atoms with Crippen LogP contribution in [-0.2, 0) is 9.53 Å². The lowest BCUT2D eigenvalue weighted by atomic mass is 9.91. The van der Waals surface area contributed by atoms with Gasteiger partial charge in [-0.05, 0) is 19.1 Å². The van der Waals surface area contributed by atoms with E-state index < -0.39 is 11.4 Å². The molecule has 0 aromatic carbocycles. The molecular weight excluding hydrogens is 170 g/mol. The van der Waals surface area contributed by atoms with Crippen molar-refractivity contribution in [3.63, 3.8) is 0 Å². The van der Waals surface area contributed by atoms with E-state index >= 15 is 0 Å². The SMILES string of the molecule is COC1=NC=CC(C)(C(=O)O)C=C1. The molecule has 70 valence electrons. The van der Waals surface area contributed by atoms with Crippen LogP contribution in [0.4, 0.5) is 0 Å². The number of carboxylic acid groups (broad SMARTS) is 1. The number of aliphatic carboxylic acids is 1. The zero-order valence-electron chi connectivity index (χ0n) is 7.52. The Morgan fingerprint density at radius 3 is 2.85 bits per heavy atom. The van der Waals surface area contributed by atoms with E-state index in [9.17, 15) is 4.79 Å². The zero-order valence-corrected chi connectivity index (χ0v) is 7.52. The smallest absolute Gasteiger partial charge is 0.317 e. The minimum atomic E-state index is -0.996. The molecule has 1 N–H and O–H groups in total. The topological polar surface area (TPSA) is 58.9 Å². The molecule has 0 radical (unpaired) electrons. The summed E-state index contributed by atoms with van der Waals surface area (Å²) in [6.45, 7) is 1.59. The quantitative estimate of drug-likeness (QED) is 0.661. The van der Waals surface area contributed by atoms with Crippen molar-refractivity contribution in [1.82, 2.24) is 0 Å². The first kappa shape index (κ1) is 9.51. The van der Waals surface area contributed by atoms with Crippen LogP contribution in [0.25, 0.3) is 0 Å².